The van der Waals surface area contributed by atoms with Gasteiger partial charge in [-0.25, -0.2) is 4.79 Å². The highest BCUT2D eigenvalue weighted by atomic mass is 31.2. The van der Waals surface area contributed by atoms with E-state index in [2.05, 4.69) is 6.30 Å². The normalized spacial score (nSPS) is 20.3. The maximum atomic E-state index is 11.6. The third kappa shape index (κ3) is 5.62. The summed E-state index contributed by atoms with van der Waals surface area (Å²) >= 11 is 0. The summed E-state index contributed by atoms with van der Waals surface area (Å²) in [6, 6.07) is 9.26. The predicted molar refractivity (Wildman–Crippen MR) is 102 cm³/mol. The maximum absolute atomic E-state index is 11.6. The topological polar surface area (TPSA) is 83.5 Å². The second kappa shape index (κ2) is 8.66. The Morgan fingerprint density at radius 3 is 2.50 bits per heavy atom. The molecule has 2 unspecified atom stereocenters. The Hall–Kier alpha value is -1.35. The first-order valence-corrected chi connectivity index (χ1v) is 10.8. The Bertz CT molecular complexity index is 621. The molecule has 5 heteroatoms. The quantitative estimate of drug-likeness (QED) is 0.517. The lowest BCUT2D eigenvalue weighted by Gasteiger charge is -2.30. The van der Waals surface area contributed by atoms with E-state index in [4.69, 9.17) is 5.73 Å². The molecule has 0 spiro atoms. The van der Waals surface area contributed by atoms with Crippen LogP contribution in [0.25, 0.3) is 6.08 Å². The third-order valence-electron chi connectivity index (χ3n) is 4.78. The molecule has 2 atom stereocenters. The standard InChI is InChI=1S/C19H28NO3P/c1-24(23,18(20)13-16-10-6-3-7-11-16)14-17(19(21)22)12-15-8-4-2-5-9-15/h2,4-5,8-9,12,16,18,23H,1,3,6-7,10-11,13-14,20H2,(H,21,22)/b17-12-. The Balaban J connectivity index is 2.07. The maximum Gasteiger partial charge on any atom is 0.332 e. The first-order chi connectivity index (χ1) is 11.4. The van der Waals surface area contributed by atoms with Crippen LogP contribution in [0.15, 0.2) is 35.9 Å². The number of carboxylic acid groups (broad SMARTS) is 1. The van der Waals surface area contributed by atoms with Gasteiger partial charge >= 0.3 is 5.97 Å². The molecule has 0 aromatic heterocycles. The molecule has 1 aromatic rings. The van der Waals surface area contributed by atoms with Crippen LogP contribution in [0.3, 0.4) is 0 Å². The molecule has 0 heterocycles. The van der Waals surface area contributed by atoms with Crippen molar-refractivity contribution in [3.63, 3.8) is 0 Å². The average Bonchev–Trinajstić information content (AvgIpc) is 2.56. The molecule has 0 radical (unpaired) electrons. The summed E-state index contributed by atoms with van der Waals surface area (Å²) in [5.41, 5.74) is 7.21. The highest BCUT2D eigenvalue weighted by molar-refractivity contribution is 7.69. The highest BCUT2D eigenvalue weighted by Crippen LogP contribution is 2.48. The van der Waals surface area contributed by atoms with Gasteiger partial charge in [0, 0.05) is 24.6 Å². The van der Waals surface area contributed by atoms with E-state index in [9.17, 15) is 14.8 Å². The van der Waals surface area contributed by atoms with E-state index < -0.39 is 18.9 Å². The average molecular weight is 349 g/mol. The Labute approximate surface area is 144 Å². The summed E-state index contributed by atoms with van der Waals surface area (Å²) in [4.78, 5) is 22.3. The van der Waals surface area contributed by atoms with Crippen molar-refractivity contribution in [2.24, 2.45) is 11.7 Å². The van der Waals surface area contributed by atoms with Crippen LogP contribution in [0.1, 0.15) is 44.1 Å². The van der Waals surface area contributed by atoms with Crippen LogP contribution in [0.5, 0.6) is 0 Å². The summed E-state index contributed by atoms with van der Waals surface area (Å²) in [6.45, 7) is 0. The molecule has 24 heavy (non-hydrogen) atoms. The molecule has 0 bridgehead atoms. The van der Waals surface area contributed by atoms with Gasteiger partial charge in [0.2, 0.25) is 0 Å². The van der Waals surface area contributed by atoms with Crippen molar-refractivity contribution in [2.45, 2.75) is 44.3 Å². The molecule has 0 saturated heterocycles. The molecule has 1 aliphatic carbocycles. The van der Waals surface area contributed by atoms with Crippen LogP contribution >= 0.6 is 7.11 Å². The molecule has 4 N–H and O–H groups in total. The van der Waals surface area contributed by atoms with Gasteiger partial charge in [-0.05, 0) is 24.0 Å². The molecule has 1 aromatic carbocycles. The van der Waals surface area contributed by atoms with Crippen molar-refractivity contribution in [2.75, 3.05) is 6.16 Å². The largest absolute Gasteiger partial charge is 0.478 e. The number of benzene rings is 1. The van der Waals surface area contributed by atoms with Gasteiger partial charge < -0.3 is 15.7 Å². The van der Waals surface area contributed by atoms with Crippen LogP contribution in [-0.4, -0.2) is 34.2 Å². The van der Waals surface area contributed by atoms with Gasteiger partial charge in [0.05, 0.1) is 0 Å². The van der Waals surface area contributed by atoms with E-state index in [1.165, 1.54) is 19.3 Å². The second-order valence-corrected chi connectivity index (χ2v) is 9.79. The van der Waals surface area contributed by atoms with Crippen LogP contribution in [0.4, 0.5) is 0 Å². The minimum Gasteiger partial charge on any atom is -0.478 e. The van der Waals surface area contributed by atoms with Gasteiger partial charge in [0.15, 0.2) is 0 Å². The second-order valence-electron chi connectivity index (χ2n) is 6.84. The first kappa shape index (κ1) is 19.0. The van der Waals surface area contributed by atoms with Gasteiger partial charge in [0.1, 0.15) is 0 Å². The van der Waals surface area contributed by atoms with Crippen molar-refractivity contribution < 1.29 is 14.8 Å². The lowest BCUT2D eigenvalue weighted by molar-refractivity contribution is -0.132. The highest BCUT2D eigenvalue weighted by Gasteiger charge is 2.27. The van der Waals surface area contributed by atoms with E-state index in [-0.39, 0.29) is 11.7 Å². The summed E-state index contributed by atoms with van der Waals surface area (Å²) in [7, 11) is -2.77. The van der Waals surface area contributed by atoms with Gasteiger partial charge in [-0.2, -0.15) is 0 Å². The van der Waals surface area contributed by atoms with Crippen molar-refractivity contribution in [1.29, 1.82) is 0 Å². The minimum atomic E-state index is -2.77. The van der Waals surface area contributed by atoms with E-state index in [1.807, 2.05) is 30.3 Å². The predicted octanol–water partition coefficient (Wildman–Crippen LogP) is 3.77. The lowest BCUT2D eigenvalue weighted by Crippen LogP contribution is -2.27. The first-order valence-electron chi connectivity index (χ1n) is 8.58. The van der Waals surface area contributed by atoms with Crippen molar-refractivity contribution in [3.8, 4) is 0 Å². The van der Waals surface area contributed by atoms with E-state index in [0.29, 0.717) is 5.92 Å². The number of aliphatic carboxylic acids is 1. The Morgan fingerprint density at radius 2 is 1.92 bits per heavy atom. The SMILES string of the molecule is C=P(O)(C/C(=C/c1ccccc1)C(=O)O)C(N)CC1CCCCC1. The van der Waals surface area contributed by atoms with Crippen LogP contribution < -0.4 is 5.73 Å². The Kier molecular flexibility index (Phi) is 6.85. The van der Waals surface area contributed by atoms with E-state index in [1.54, 1.807) is 6.08 Å². The van der Waals surface area contributed by atoms with Crippen LogP contribution in [0, 0.1) is 5.92 Å². The van der Waals surface area contributed by atoms with Crippen molar-refractivity contribution >= 4 is 25.5 Å². The lowest BCUT2D eigenvalue weighted by atomic mass is 9.87. The van der Waals surface area contributed by atoms with Crippen LogP contribution in [-0.2, 0) is 4.79 Å². The number of carbonyl (C=O) groups is 1. The fraction of sp³-hybridized carbons (Fsp3) is 0.474. The van der Waals surface area contributed by atoms with Gasteiger partial charge in [-0.3, -0.25) is 0 Å². The monoisotopic (exact) mass is 349 g/mol. The molecular weight excluding hydrogens is 321 g/mol. The zero-order valence-corrected chi connectivity index (χ0v) is 15.0. The number of rotatable bonds is 7. The Morgan fingerprint density at radius 1 is 1.29 bits per heavy atom. The molecule has 2 rings (SSSR count). The number of hydrogen-bond acceptors (Lipinski definition) is 3. The van der Waals surface area contributed by atoms with Crippen LogP contribution in [0.2, 0.25) is 0 Å². The van der Waals surface area contributed by atoms with Gasteiger partial charge in [0.25, 0.3) is 0 Å². The smallest absolute Gasteiger partial charge is 0.332 e. The fourth-order valence-electron chi connectivity index (χ4n) is 3.30. The zero-order chi connectivity index (χ0) is 17.6. The molecule has 1 aliphatic rings. The minimum absolute atomic E-state index is 0.0467. The summed E-state index contributed by atoms with van der Waals surface area (Å²) in [5.74, 6) is -0.904. The molecule has 0 aliphatic heterocycles. The van der Waals surface area contributed by atoms with Gasteiger partial charge in [-0.1, -0.05) is 68.7 Å². The van der Waals surface area contributed by atoms with E-state index in [0.717, 1.165) is 24.8 Å². The number of hydrogen-bond donors (Lipinski definition) is 3. The van der Waals surface area contributed by atoms with E-state index >= 15 is 0 Å². The third-order valence-corrected chi connectivity index (χ3v) is 7.11. The number of carboxylic acids is 1. The fourth-order valence-corrected chi connectivity index (χ4v) is 5.04. The summed E-state index contributed by atoms with van der Waals surface area (Å²) < 4.78 is 0. The molecule has 1 saturated carbocycles. The van der Waals surface area contributed by atoms with Crippen molar-refractivity contribution in [1.82, 2.24) is 0 Å². The van der Waals surface area contributed by atoms with Gasteiger partial charge in [-0.15, -0.1) is 0 Å². The van der Waals surface area contributed by atoms with Crippen molar-refractivity contribution in [3.05, 3.63) is 41.5 Å². The summed E-state index contributed by atoms with van der Waals surface area (Å²) in [6.07, 6.45) is 12.4. The molecular formula is C19H28NO3P. The molecule has 0 amide bonds. The summed E-state index contributed by atoms with van der Waals surface area (Å²) in [5, 5.41) is 9.47. The number of nitrogens with two attached hydrogens (primary N) is 1. The molecule has 132 valence electrons. The molecule has 1 fully saturated rings. The molecule has 4 nitrogen and oxygen atoms in total. The zero-order valence-electron chi connectivity index (χ0n) is 14.1.